The molecule has 0 saturated heterocycles. The van der Waals surface area contributed by atoms with Gasteiger partial charge < -0.3 is 23.9 Å². The topological polar surface area (TPSA) is 116 Å². The Hall–Kier alpha value is -2.68. The summed E-state index contributed by atoms with van der Waals surface area (Å²) in [6, 6.07) is 4.93. The zero-order valence-electron chi connectivity index (χ0n) is 18.3. The minimum atomic E-state index is -1.26. The van der Waals surface area contributed by atoms with E-state index in [2.05, 4.69) is 0 Å². The summed E-state index contributed by atoms with van der Waals surface area (Å²) in [5.74, 6) is -1.65. The van der Waals surface area contributed by atoms with E-state index in [0.29, 0.717) is 12.0 Å². The molecule has 0 bridgehead atoms. The van der Waals surface area contributed by atoms with Crippen molar-refractivity contribution in [2.45, 2.75) is 70.5 Å². The van der Waals surface area contributed by atoms with Gasteiger partial charge in [-0.1, -0.05) is 31.4 Å². The van der Waals surface area contributed by atoms with Gasteiger partial charge in [0.25, 0.3) is 0 Å². The predicted octanol–water partition coefficient (Wildman–Crippen LogP) is 3.04. The van der Waals surface area contributed by atoms with Crippen molar-refractivity contribution in [3.63, 3.8) is 0 Å². The van der Waals surface area contributed by atoms with Gasteiger partial charge in [0.15, 0.2) is 0 Å². The fourth-order valence-electron chi connectivity index (χ4n) is 4.20. The highest BCUT2D eigenvalue weighted by molar-refractivity contribution is 6.47. The van der Waals surface area contributed by atoms with Crippen molar-refractivity contribution in [3.05, 3.63) is 29.3 Å². The Balaban J connectivity index is 1.56. The summed E-state index contributed by atoms with van der Waals surface area (Å²) in [5, 5.41) is 10.4. The third kappa shape index (κ3) is 6.42. The monoisotopic (exact) mass is 444 g/mol. The Morgan fingerprint density at radius 3 is 2.56 bits per heavy atom. The van der Waals surface area contributed by atoms with Crippen LogP contribution in [0.5, 0.6) is 5.75 Å². The normalized spacial score (nSPS) is 18.3. The van der Waals surface area contributed by atoms with Crippen molar-refractivity contribution in [3.8, 4) is 5.75 Å². The molecule has 1 heterocycles. The number of hydrogen-bond acceptors (Lipinski definition) is 8. The van der Waals surface area contributed by atoms with E-state index >= 15 is 0 Å². The molecule has 8 nitrogen and oxygen atoms in total. The fraction of sp³-hybridized carbons (Fsp3) is 0.565. The first-order chi connectivity index (χ1) is 15.3. The highest BCUT2D eigenvalue weighted by Gasteiger charge is 2.38. The largest absolute Gasteiger partial charge is 0.535 e. The highest BCUT2D eigenvalue weighted by Crippen LogP contribution is 2.36. The Labute approximate surface area is 187 Å². The standard InChI is InChI=1S/C23H29BO8/c1-15(25)10-11-19(26)13-18-12-17-8-5-9-20(21(17)32-24(18)29)23(28)31-14-30-22(27)16-6-3-2-4-7-16/h5,8-9,16,18,29H,2-4,6-7,10-14H2,1H3/t18-/m1/s1. The third-order valence-corrected chi connectivity index (χ3v) is 6.02. The molecule has 1 saturated carbocycles. The molecule has 1 N–H and O–H groups in total. The molecule has 1 fully saturated rings. The molecular formula is C23H29BO8. The van der Waals surface area contributed by atoms with Crippen molar-refractivity contribution >= 4 is 30.6 Å². The zero-order valence-corrected chi connectivity index (χ0v) is 18.3. The van der Waals surface area contributed by atoms with Crippen LogP contribution in [0.25, 0.3) is 0 Å². The van der Waals surface area contributed by atoms with Gasteiger partial charge in [-0.05, 0) is 37.8 Å². The van der Waals surface area contributed by atoms with Crippen LogP contribution in [0.3, 0.4) is 0 Å². The van der Waals surface area contributed by atoms with E-state index in [1.807, 2.05) is 0 Å². The summed E-state index contributed by atoms with van der Waals surface area (Å²) in [4.78, 5) is 47.8. The molecule has 3 rings (SSSR count). The minimum Gasteiger partial charge on any atom is -0.535 e. The van der Waals surface area contributed by atoms with E-state index in [-0.39, 0.29) is 54.0 Å². The molecule has 172 valence electrons. The Morgan fingerprint density at radius 2 is 1.84 bits per heavy atom. The number of ether oxygens (including phenoxy) is 2. The van der Waals surface area contributed by atoms with Gasteiger partial charge in [-0.15, -0.1) is 0 Å². The molecule has 1 aliphatic carbocycles. The summed E-state index contributed by atoms with van der Waals surface area (Å²) in [5.41, 5.74) is 0.796. The van der Waals surface area contributed by atoms with E-state index in [1.54, 1.807) is 12.1 Å². The number of Topliss-reactive ketones (excluding diaryl/α,β-unsaturated/α-hetero) is 2. The van der Waals surface area contributed by atoms with Gasteiger partial charge in [0.2, 0.25) is 6.79 Å². The lowest BCUT2D eigenvalue weighted by Gasteiger charge is -2.28. The van der Waals surface area contributed by atoms with Crippen LogP contribution in [-0.4, -0.2) is 42.4 Å². The van der Waals surface area contributed by atoms with Gasteiger partial charge in [-0.2, -0.15) is 0 Å². The number of rotatable bonds is 9. The van der Waals surface area contributed by atoms with Crippen molar-refractivity contribution in [2.24, 2.45) is 5.92 Å². The molecule has 32 heavy (non-hydrogen) atoms. The second-order valence-electron chi connectivity index (χ2n) is 8.56. The minimum absolute atomic E-state index is 0.0586. The van der Waals surface area contributed by atoms with Crippen LogP contribution in [0.1, 0.15) is 74.2 Å². The van der Waals surface area contributed by atoms with Crippen molar-refractivity contribution in [2.75, 3.05) is 6.79 Å². The molecular weight excluding hydrogens is 415 g/mol. The smallest absolute Gasteiger partial charge is 0.526 e. The molecule has 0 unspecified atom stereocenters. The first kappa shape index (κ1) is 24.0. The van der Waals surface area contributed by atoms with Crippen LogP contribution in [-0.2, 0) is 30.3 Å². The first-order valence-electron chi connectivity index (χ1n) is 11.2. The van der Waals surface area contributed by atoms with Crippen molar-refractivity contribution in [1.82, 2.24) is 0 Å². The SMILES string of the molecule is CC(=O)CCC(=O)C[C@H]1Cc2cccc(C(=O)OCOC(=O)C3CCCCC3)c2OB1O. The lowest BCUT2D eigenvalue weighted by molar-refractivity contribution is -0.158. The molecule has 1 atom stereocenters. The second-order valence-corrected chi connectivity index (χ2v) is 8.56. The summed E-state index contributed by atoms with van der Waals surface area (Å²) in [7, 11) is -1.26. The second kappa shape index (κ2) is 11.3. The maximum Gasteiger partial charge on any atom is 0.526 e. The van der Waals surface area contributed by atoms with E-state index in [4.69, 9.17) is 14.1 Å². The summed E-state index contributed by atoms with van der Waals surface area (Å²) < 4.78 is 15.8. The number of hydrogen-bond donors (Lipinski definition) is 1. The van der Waals surface area contributed by atoms with Crippen molar-refractivity contribution < 1.29 is 38.3 Å². The average Bonchev–Trinajstić information content (AvgIpc) is 2.78. The molecule has 1 aliphatic heterocycles. The number of ketones is 2. The molecule has 0 radical (unpaired) electrons. The Bertz CT molecular complexity index is 862. The van der Waals surface area contributed by atoms with Crippen LogP contribution in [0, 0.1) is 5.92 Å². The quantitative estimate of drug-likeness (QED) is 0.351. The fourth-order valence-corrected chi connectivity index (χ4v) is 4.20. The molecule has 1 aromatic carbocycles. The van der Waals surface area contributed by atoms with Crippen molar-refractivity contribution in [1.29, 1.82) is 0 Å². The van der Waals surface area contributed by atoms with E-state index in [1.165, 1.54) is 13.0 Å². The number of carbonyl (C=O) groups is 4. The molecule has 0 aromatic heterocycles. The summed E-state index contributed by atoms with van der Waals surface area (Å²) in [6.45, 7) is 0.952. The molecule has 9 heteroatoms. The average molecular weight is 444 g/mol. The molecule has 2 aliphatic rings. The lowest BCUT2D eigenvalue weighted by Crippen LogP contribution is -2.36. The Kier molecular flexibility index (Phi) is 8.44. The third-order valence-electron chi connectivity index (χ3n) is 6.02. The van der Waals surface area contributed by atoms with E-state index in [0.717, 1.165) is 32.1 Å². The highest BCUT2D eigenvalue weighted by atomic mass is 16.7. The van der Waals surface area contributed by atoms with Crippen LogP contribution in [0.4, 0.5) is 0 Å². The van der Waals surface area contributed by atoms with Gasteiger partial charge in [-0.3, -0.25) is 9.59 Å². The van der Waals surface area contributed by atoms with Gasteiger partial charge in [0.05, 0.1) is 5.92 Å². The molecule has 0 spiro atoms. The first-order valence-corrected chi connectivity index (χ1v) is 11.2. The number of carbonyl (C=O) groups excluding carboxylic acids is 4. The summed E-state index contributed by atoms with van der Waals surface area (Å²) >= 11 is 0. The molecule has 1 aromatic rings. The van der Waals surface area contributed by atoms with Crippen LogP contribution in [0.15, 0.2) is 18.2 Å². The van der Waals surface area contributed by atoms with E-state index < -0.39 is 25.7 Å². The zero-order chi connectivity index (χ0) is 23.1. The summed E-state index contributed by atoms with van der Waals surface area (Å²) in [6.07, 6.45) is 5.46. The van der Waals surface area contributed by atoms with Gasteiger partial charge in [0.1, 0.15) is 22.9 Å². The Morgan fingerprint density at radius 1 is 1.09 bits per heavy atom. The van der Waals surface area contributed by atoms with Gasteiger partial charge in [-0.25, -0.2) is 4.79 Å². The number of esters is 2. The van der Waals surface area contributed by atoms with Gasteiger partial charge in [0, 0.05) is 25.1 Å². The number of fused-ring (bicyclic) bond motifs is 1. The lowest BCUT2D eigenvalue weighted by atomic mass is 9.64. The van der Waals surface area contributed by atoms with Crippen LogP contribution < -0.4 is 4.65 Å². The van der Waals surface area contributed by atoms with Crippen LogP contribution in [0.2, 0.25) is 5.82 Å². The van der Waals surface area contributed by atoms with Crippen LogP contribution >= 0.6 is 0 Å². The number of benzene rings is 1. The predicted molar refractivity (Wildman–Crippen MR) is 115 cm³/mol. The maximum atomic E-state index is 12.5. The number of para-hydroxylation sites is 1. The van der Waals surface area contributed by atoms with E-state index in [9.17, 15) is 24.2 Å². The maximum absolute atomic E-state index is 12.5. The molecule has 0 amide bonds. The van der Waals surface area contributed by atoms with Gasteiger partial charge >= 0.3 is 19.1 Å².